The molecular formula is C13H20N3O5PS3. The van der Waals surface area contributed by atoms with Crippen LogP contribution in [0.1, 0.15) is 0 Å². The van der Waals surface area contributed by atoms with Crippen molar-refractivity contribution < 1.29 is 24.3 Å². The van der Waals surface area contributed by atoms with E-state index in [4.69, 9.17) is 24.3 Å². The molecule has 3 aliphatic heterocycles. The predicted molar refractivity (Wildman–Crippen MR) is 109 cm³/mol. The lowest BCUT2D eigenvalue weighted by molar-refractivity contribution is -0.122. The molecule has 0 spiro atoms. The van der Waals surface area contributed by atoms with E-state index in [0.29, 0.717) is 0 Å². The Morgan fingerprint density at radius 1 is 0.720 bits per heavy atom. The first-order valence-electron chi connectivity index (χ1n) is 6.33. The Morgan fingerprint density at radius 2 is 0.960 bits per heavy atom. The summed E-state index contributed by atoms with van der Waals surface area (Å²) < 4.78 is 17.5. The van der Waals surface area contributed by atoms with Gasteiger partial charge in [-0.1, -0.05) is 18.2 Å². The van der Waals surface area contributed by atoms with Gasteiger partial charge < -0.3 is 29.1 Å². The minimum absolute atomic E-state index is 0.250. The predicted octanol–water partition coefficient (Wildman–Crippen LogP) is 2.86. The molecule has 0 aliphatic carbocycles. The molecule has 0 amide bonds. The van der Waals surface area contributed by atoms with Crippen LogP contribution < -0.4 is 14.2 Å². The Balaban J connectivity index is 0. The monoisotopic (exact) mass is 425 g/mol. The van der Waals surface area contributed by atoms with Crippen LogP contribution in [0.5, 0.6) is 0 Å². The number of carbonyl (C=O) groups is 1. The van der Waals surface area contributed by atoms with Gasteiger partial charge in [-0.2, -0.15) is 0 Å². The van der Waals surface area contributed by atoms with Crippen molar-refractivity contribution in [1.82, 2.24) is 14.2 Å². The summed E-state index contributed by atoms with van der Waals surface area (Å²) in [5.41, 5.74) is 0. The molecule has 8 nitrogen and oxygen atoms in total. The summed E-state index contributed by atoms with van der Waals surface area (Å²) in [6, 6.07) is 0. The minimum Gasteiger partial charge on any atom is -0.483 e. The van der Waals surface area contributed by atoms with Crippen LogP contribution in [0.15, 0.2) is 71.3 Å². The molecular weight excluding hydrogens is 405 g/mol. The summed E-state index contributed by atoms with van der Waals surface area (Å²) in [6.45, 7) is -0.250. The topological polar surface area (TPSA) is 131 Å². The molecule has 0 radical (unpaired) electrons. The van der Waals surface area contributed by atoms with Gasteiger partial charge in [-0.3, -0.25) is 9.36 Å². The van der Waals surface area contributed by atoms with Crippen LogP contribution in [-0.2, 0) is 9.36 Å². The van der Waals surface area contributed by atoms with E-state index in [9.17, 15) is 0 Å². The Morgan fingerprint density at radius 3 is 1.00 bits per heavy atom. The maximum atomic E-state index is 8.74. The summed E-state index contributed by atoms with van der Waals surface area (Å²) in [5.74, 6) is 0. The Labute approximate surface area is 160 Å². The highest BCUT2D eigenvalue weighted by atomic mass is 32.2. The molecule has 6 N–H and O–H groups in total. The minimum atomic E-state index is -3.13. The molecule has 140 valence electrons. The molecule has 0 aromatic heterocycles. The molecule has 0 saturated carbocycles. The molecule has 0 unspecified atom stereocenters. The molecule has 25 heavy (non-hydrogen) atoms. The maximum Gasteiger partial charge on any atom is 0.314 e. The van der Waals surface area contributed by atoms with Crippen molar-refractivity contribution in [3.05, 3.63) is 71.3 Å². The van der Waals surface area contributed by atoms with Crippen molar-refractivity contribution in [1.29, 1.82) is 0 Å². The molecule has 0 bridgehead atoms. The first-order chi connectivity index (χ1) is 12.1. The second-order valence-electron chi connectivity index (χ2n) is 3.16. The number of hydrogen-bond acceptors (Lipinski definition) is 8. The van der Waals surface area contributed by atoms with Gasteiger partial charge in [0.2, 0.25) is 0 Å². The standard InChI is InChI=1S/3C4H5NS.CH2O2.H3O3P/c3*1-2-4-6-5-3-1;2-1-3;1-4(2)3/h3*1-5H;1H,(H,2,3);4H,(H2,1,2,3). The van der Waals surface area contributed by atoms with Crippen molar-refractivity contribution in [2.24, 2.45) is 0 Å². The molecule has 0 saturated heterocycles. The lowest BCUT2D eigenvalue weighted by Gasteiger charge is -1.93. The quantitative estimate of drug-likeness (QED) is 0.195. The van der Waals surface area contributed by atoms with Gasteiger partial charge in [0.05, 0.1) is 0 Å². The van der Waals surface area contributed by atoms with Crippen molar-refractivity contribution in [3.8, 4) is 0 Å². The first-order valence-corrected chi connectivity index (χ1v) is 10.3. The van der Waals surface area contributed by atoms with Gasteiger partial charge in [-0.15, -0.1) is 0 Å². The third kappa shape index (κ3) is 34.7. The number of rotatable bonds is 0. The summed E-state index contributed by atoms with van der Waals surface area (Å²) in [7, 11) is -3.13. The van der Waals surface area contributed by atoms with Gasteiger partial charge in [0.25, 0.3) is 6.47 Å². The Bertz CT molecular complexity index is 414. The van der Waals surface area contributed by atoms with E-state index in [1.54, 1.807) is 35.8 Å². The Hall–Kier alpha value is -1.49. The normalized spacial score (nSPS) is 14.4. The molecule has 0 atom stereocenters. The second-order valence-corrected chi connectivity index (χ2v) is 5.95. The first kappa shape index (κ1) is 25.7. The van der Waals surface area contributed by atoms with Crippen LogP contribution >= 0.6 is 44.1 Å². The van der Waals surface area contributed by atoms with Gasteiger partial charge >= 0.3 is 8.25 Å². The van der Waals surface area contributed by atoms with Gasteiger partial charge in [0.15, 0.2) is 0 Å². The number of allylic oxidation sites excluding steroid dienone is 6. The summed E-state index contributed by atoms with van der Waals surface area (Å²) >= 11 is 4.73. The molecule has 3 rings (SSSR count). The SMILES string of the molecule is C1=CNSC=C1.C1=CNSC=C1.C1=CNSC=C1.O=CO.O=[PH](O)O. The van der Waals surface area contributed by atoms with Crippen LogP contribution in [0.4, 0.5) is 0 Å². The number of hydrogen-bond donors (Lipinski definition) is 6. The molecule has 12 heteroatoms. The highest BCUT2D eigenvalue weighted by molar-refractivity contribution is 8.00. The highest BCUT2D eigenvalue weighted by Gasteiger charge is 1.75. The lowest BCUT2D eigenvalue weighted by Crippen LogP contribution is -1.88. The van der Waals surface area contributed by atoms with E-state index in [-0.39, 0.29) is 6.47 Å². The summed E-state index contributed by atoms with van der Waals surface area (Å²) in [4.78, 5) is 22.7. The van der Waals surface area contributed by atoms with E-state index in [0.717, 1.165) is 0 Å². The second kappa shape index (κ2) is 24.8. The van der Waals surface area contributed by atoms with E-state index in [2.05, 4.69) is 14.2 Å². The molecule has 3 aliphatic rings. The fourth-order valence-electron chi connectivity index (χ4n) is 0.774. The van der Waals surface area contributed by atoms with Gasteiger partial charge in [-0.25, -0.2) is 0 Å². The van der Waals surface area contributed by atoms with Crippen LogP contribution in [0.25, 0.3) is 0 Å². The summed E-state index contributed by atoms with van der Waals surface area (Å²) in [5, 5.41) is 12.8. The average molecular weight is 425 g/mol. The van der Waals surface area contributed by atoms with Crippen molar-refractivity contribution in [3.63, 3.8) is 0 Å². The van der Waals surface area contributed by atoms with Crippen LogP contribution in [0, 0.1) is 0 Å². The van der Waals surface area contributed by atoms with E-state index >= 15 is 0 Å². The summed E-state index contributed by atoms with van der Waals surface area (Å²) in [6.07, 6.45) is 17.5. The van der Waals surface area contributed by atoms with Crippen LogP contribution in [0.3, 0.4) is 0 Å². The largest absolute Gasteiger partial charge is 0.483 e. The third-order valence-corrected chi connectivity index (χ3v) is 3.17. The zero-order valence-electron chi connectivity index (χ0n) is 12.9. The van der Waals surface area contributed by atoms with Crippen LogP contribution in [0.2, 0.25) is 0 Å². The third-order valence-electron chi connectivity index (χ3n) is 1.47. The van der Waals surface area contributed by atoms with Crippen molar-refractivity contribution in [2.75, 3.05) is 0 Å². The molecule has 0 fully saturated rings. The molecule has 3 heterocycles. The van der Waals surface area contributed by atoms with E-state index in [1.165, 1.54) is 0 Å². The fraction of sp³-hybridized carbons (Fsp3) is 0. The van der Waals surface area contributed by atoms with Crippen LogP contribution in [-0.4, -0.2) is 21.4 Å². The van der Waals surface area contributed by atoms with E-state index < -0.39 is 8.25 Å². The van der Waals surface area contributed by atoms with Gasteiger partial charge in [-0.05, 0) is 70.3 Å². The van der Waals surface area contributed by atoms with Crippen molar-refractivity contribution in [2.45, 2.75) is 0 Å². The highest BCUT2D eigenvalue weighted by Crippen LogP contribution is 2.00. The zero-order chi connectivity index (χ0) is 19.0. The smallest absolute Gasteiger partial charge is 0.314 e. The van der Waals surface area contributed by atoms with Gasteiger partial charge in [0.1, 0.15) is 0 Å². The number of nitrogens with one attached hydrogen (secondary N) is 3. The lowest BCUT2D eigenvalue weighted by atomic mass is 10.6. The van der Waals surface area contributed by atoms with E-state index in [1.807, 2.05) is 71.3 Å². The fourth-order valence-corrected chi connectivity index (χ4v) is 1.99. The number of carboxylic acid groups (broad SMARTS) is 1. The Kier molecular flexibility index (Phi) is 25.5. The molecule has 0 aromatic carbocycles. The molecule has 0 aromatic rings. The zero-order valence-corrected chi connectivity index (χ0v) is 16.3. The maximum absolute atomic E-state index is 8.74. The van der Waals surface area contributed by atoms with Gasteiger partial charge in [0, 0.05) is 18.6 Å². The average Bonchev–Trinajstić information content (AvgIpc) is 2.67. The van der Waals surface area contributed by atoms with Crippen molar-refractivity contribution >= 4 is 50.6 Å².